The molecule has 0 amide bonds. The average molecular weight is 255 g/mol. The van der Waals surface area contributed by atoms with E-state index in [-0.39, 0.29) is 0 Å². The number of benzene rings is 1. The number of nitrogens with two attached hydrogens (primary N) is 1. The van der Waals surface area contributed by atoms with Crippen LogP contribution in [0.2, 0.25) is 0 Å². The lowest BCUT2D eigenvalue weighted by molar-refractivity contribution is 0.646. The molecule has 0 spiro atoms. The molecule has 0 saturated carbocycles. The van der Waals surface area contributed by atoms with Crippen molar-refractivity contribution in [3.05, 3.63) is 41.1 Å². The molecule has 0 aliphatic heterocycles. The van der Waals surface area contributed by atoms with Crippen molar-refractivity contribution in [1.82, 2.24) is 10.3 Å². The summed E-state index contributed by atoms with van der Waals surface area (Å²) in [5.41, 5.74) is 10.9. The van der Waals surface area contributed by atoms with Gasteiger partial charge in [0.1, 0.15) is 0 Å². The summed E-state index contributed by atoms with van der Waals surface area (Å²) in [6.45, 7) is 2.46. The summed E-state index contributed by atoms with van der Waals surface area (Å²) in [6.07, 6.45) is 4.86. The Bertz CT molecular complexity index is 577. The Labute approximate surface area is 114 Å². The van der Waals surface area contributed by atoms with E-state index >= 15 is 0 Å². The van der Waals surface area contributed by atoms with Crippen molar-refractivity contribution in [2.24, 2.45) is 5.73 Å². The summed E-state index contributed by atoms with van der Waals surface area (Å²) in [5, 5.41) is 4.74. The third kappa shape index (κ3) is 2.48. The molecule has 0 unspecified atom stereocenters. The Hall–Kier alpha value is -1.45. The van der Waals surface area contributed by atoms with Crippen LogP contribution in [0.3, 0.4) is 0 Å². The van der Waals surface area contributed by atoms with Crippen molar-refractivity contribution in [2.45, 2.75) is 32.2 Å². The highest BCUT2D eigenvalue weighted by Crippen LogP contribution is 2.28. The maximum absolute atomic E-state index is 5.57. The molecule has 3 nitrogen and oxygen atoms in total. The first-order valence-corrected chi connectivity index (χ1v) is 7.20. The Morgan fingerprint density at radius 1 is 1.16 bits per heavy atom. The molecule has 3 N–H and O–H groups in total. The fourth-order valence-electron chi connectivity index (χ4n) is 2.99. The van der Waals surface area contributed by atoms with Gasteiger partial charge in [0, 0.05) is 30.7 Å². The minimum Gasteiger partial charge on any atom is -0.329 e. The van der Waals surface area contributed by atoms with Gasteiger partial charge in [-0.05, 0) is 42.9 Å². The van der Waals surface area contributed by atoms with Crippen LogP contribution in [0.25, 0.3) is 10.9 Å². The van der Waals surface area contributed by atoms with Crippen molar-refractivity contribution in [3.8, 4) is 0 Å². The number of nitrogens with one attached hydrogen (secondary N) is 1. The van der Waals surface area contributed by atoms with Crippen LogP contribution in [0.1, 0.15) is 29.7 Å². The molecule has 3 heteroatoms. The second kappa shape index (κ2) is 5.68. The van der Waals surface area contributed by atoms with Gasteiger partial charge in [-0.25, -0.2) is 0 Å². The van der Waals surface area contributed by atoms with Crippen LogP contribution in [0.4, 0.5) is 0 Å². The smallest absolute Gasteiger partial charge is 0.0708 e. The molecule has 1 aliphatic rings. The Morgan fingerprint density at radius 2 is 2.00 bits per heavy atom. The minimum absolute atomic E-state index is 0.686. The van der Waals surface area contributed by atoms with Crippen LogP contribution in [0.5, 0.6) is 0 Å². The van der Waals surface area contributed by atoms with Crippen molar-refractivity contribution < 1.29 is 0 Å². The first kappa shape index (κ1) is 12.6. The summed E-state index contributed by atoms with van der Waals surface area (Å²) in [4.78, 5) is 4.85. The molecule has 1 aliphatic carbocycles. The molecular formula is C16H21N3. The van der Waals surface area contributed by atoms with Crippen molar-refractivity contribution in [1.29, 1.82) is 0 Å². The Morgan fingerprint density at radius 3 is 2.89 bits per heavy atom. The van der Waals surface area contributed by atoms with Crippen molar-refractivity contribution >= 4 is 10.9 Å². The van der Waals surface area contributed by atoms with Crippen molar-refractivity contribution in [2.75, 3.05) is 13.1 Å². The van der Waals surface area contributed by atoms with E-state index in [0.717, 1.165) is 25.0 Å². The zero-order valence-electron chi connectivity index (χ0n) is 11.3. The number of nitrogens with zero attached hydrogens (tertiary/aromatic N) is 1. The van der Waals surface area contributed by atoms with Gasteiger partial charge in [-0.1, -0.05) is 18.2 Å². The van der Waals surface area contributed by atoms with E-state index in [1.165, 1.54) is 41.5 Å². The van der Waals surface area contributed by atoms with Gasteiger partial charge in [-0.3, -0.25) is 4.98 Å². The Balaban J connectivity index is 2.08. The SMILES string of the molecule is NCCNCc1c2c(nc3ccccc13)CCCC2. The first-order chi connectivity index (χ1) is 9.40. The van der Waals surface area contributed by atoms with Crippen LogP contribution in [0, 0.1) is 0 Å². The predicted octanol–water partition coefficient (Wildman–Crippen LogP) is 2.16. The van der Waals surface area contributed by atoms with E-state index in [0.29, 0.717) is 6.54 Å². The van der Waals surface area contributed by atoms with Crippen LogP contribution in [-0.4, -0.2) is 18.1 Å². The number of aromatic nitrogens is 1. The van der Waals surface area contributed by atoms with E-state index in [4.69, 9.17) is 10.7 Å². The maximum atomic E-state index is 5.57. The van der Waals surface area contributed by atoms with E-state index in [2.05, 4.69) is 29.6 Å². The van der Waals surface area contributed by atoms with E-state index in [9.17, 15) is 0 Å². The molecule has 3 rings (SSSR count). The highest BCUT2D eigenvalue weighted by molar-refractivity contribution is 5.83. The van der Waals surface area contributed by atoms with Gasteiger partial charge in [0.05, 0.1) is 5.52 Å². The molecule has 19 heavy (non-hydrogen) atoms. The number of hydrogen-bond donors (Lipinski definition) is 2. The monoisotopic (exact) mass is 255 g/mol. The molecular weight excluding hydrogens is 234 g/mol. The Kier molecular flexibility index (Phi) is 3.76. The second-order valence-corrected chi connectivity index (χ2v) is 5.21. The lowest BCUT2D eigenvalue weighted by atomic mass is 9.90. The summed E-state index contributed by atoms with van der Waals surface area (Å²) in [5.74, 6) is 0. The number of aryl methyl sites for hydroxylation is 1. The predicted molar refractivity (Wildman–Crippen MR) is 79.1 cm³/mol. The van der Waals surface area contributed by atoms with Gasteiger partial charge in [0.15, 0.2) is 0 Å². The molecule has 0 fully saturated rings. The van der Waals surface area contributed by atoms with Gasteiger partial charge in [-0.2, -0.15) is 0 Å². The normalized spacial score (nSPS) is 14.6. The van der Waals surface area contributed by atoms with Gasteiger partial charge >= 0.3 is 0 Å². The third-order valence-corrected chi connectivity index (χ3v) is 3.91. The number of pyridine rings is 1. The summed E-state index contributed by atoms with van der Waals surface area (Å²) in [7, 11) is 0. The van der Waals surface area contributed by atoms with Crippen LogP contribution in [0.15, 0.2) is 24.3 Å². The molecule has 0 atom stereocenters. The lowest BCUT2D eigenvalue weighted by Gasteiger charge is -2.21. The largest absolute Gasteiger partial charge is 0.329 e. The van der Waals surface area contributed by atoms with Crippen LogP contribution < -0.4 is 11.1 Å². The highest BCUT2D eigenvalue weighted by Gasteiger charge is 2.17. The molecule has 0 radical (unpaired) electrons. The summed E-state index contributed by atoms with van der Waals surface area (Å²) < 4.78 is 0. The summed E-state index contributed by atoms with van der Waals surface area (Å²) >= 11 is 0. The number of para-hydroxylation sites is 1. The van der Waals surface area contributed by atoms with Crippen molar-refractivity contribution in [3.63, 3.8) is 0 Å². The molecule has 2 aromatic rings. The van der Waals surface area contributed by atoms with Gasteiger partial charge in [0.25, 0.3) is 0 Å². The number of rotatable bonds is 4. The zero-order chi connectivity index (χ0) is 13.1. The number of hydrogen-bond acceptors (Lipinski definition) is 3. The number of fused-ring (bicyclic) bond motifs is 2. The summed E-state index contributed by atoms with van der Waals surface area (Å²) in [6, 6.07) is 8.49. The highest BCUT2D eigenvalue weighted by atomic mass is 14.9. The maximum Gasteiger partial charge on any atom is 0.0708 e. The molecule has 0 saturated heterocycles. The minimum atomic E-state index is 0.686. The molecule has 1 heterocycles. The van der Waals surface area contributed by atoms with Crippen LogP contribution >= 0.6 is 0 Å². The van der Waals surface area contributed by atoms with Crippen LogP contribution in [-0.2, 0) is 19.4 Å². The molecule has 1 aromatic heterocycles. The van der Waals surface area contributed by atoms with Gasteiger partial charge in [0.2, 0.25) is 0 Å². The fraction of sp³-hybridized carbons (Fsp3) is 0.438. The van der Waals surface area contributed by atoms with E-state index in [1.807, 2.05) is 0 Å². The fourth-order valence-corrected chi connectivity index (χ4v) is 2.99. The van der Waals surface area contributed by atoms with Gasteiger partial charge in [-0.15, -0.1) is 0 Å². The zero-order valence-corrected chi connectivity index (χ0v) is 11.3. The molecule has 0 bridgehead atoms. The van der Waals surface area contributed by atoms with Gasteiger partial charge < -0.3 is 11.1 Å². The third-order valence-electron chi connectivity index (χ3n) is 3.91. The quantitative estimate of drug-likeness (QED) is 0.823. The average Bonchev–Trinajstić information content (AvgIpc) is 2.46. The topological polar surface area (TPSA) is 50.9 Å². The molecule has 100 valence electrons. The second-order valence-electron chi connectivity index (χ2n) is 5.21. The standard InChI is InChI=1S/C16H21N3/c17-9-10-18-11-14-12-5-1-3-7-15(12)19-16-8-4-2-6-13(14)16/h1,3,5,7,18H,2,4,6,8-11,17H2. The molecule has 1 aromatic carbocycles. The first-order valence-electron chi connectivity index (χ1n) is 7.20. The lowest BCUT2D eigenvalue weighted by Crippen LogP contribution is -2.23. The van der Waals surface area contributed by atoms with E-state index in [1.54, 1.807) is 0 Å². The van der Waals surface area contributed by atoms with E-state index < -0.39 is 0 Å².